The molecule has 1 aromatic rings. The lowest BCUT2D eigenvalue weighted by Crippen LogP contribution is -2.34. The average Bonchev–Trinajstić information content (AvgIpc) is 3.31. The Bertz CT molecular complexity index is 530. The highest BCUT2D eigenvalue weighted by Crippen LogP contribution is 2.26. The summed E-state index contributed by atoms with van der Waals surface area (Å²) in [5.74, 6) is 2.35. The predicted molar refractivity (Wildman–Crippen MR) is 150 cm³/mol. The van der Waals surface area contributed by atoms with Crippen molar-refractivity contribution < 1.29 is 0 Å². The van der Waals surface area contributed by atoms with Gasteiger partial charge in [-0.3, -0.25) is 0 Å². The number of hydrogen-bond acceptors (Lipinski definition) is 5. The molecule has 2 unspecified atom stereocenters. The van der Waals surface area contributed by atoms with E-state index in [4.69, 9.17) is 4.98 Å². The van der Waals surface area contributed by atoms with Crippen molar-refractivity contribution >= 4 is 22.6 Å². The first-order chi connectivity index (χ1) is 16.2. The number of aromatic nitrogens is 2. The van der Waals surface area contributed by atoms with Gasteiger partial charge in [-0.15, -0.1) is 0 Å². The Hall–Kier alpha value is -0.840. The summed E-state index contributed by atoms with van der Waals surface area (Å²) in [6, 6.07) is 0. The second kappa shape index (κ2) is 20.5. The van der Waals surface area contributed by atoms with Crippen LogP contribution in [0.1, 0.15) is 137 Å². The molecule has 0 aliphatic rings. The third-order valence-corrected chi connectivity index (χ3v) is 7.82. The van der Waals surface area contributed by atoms with E-state index in [1.165, 1.54) is 103 Å². The summed E-state index contributed by atoms with van der Waals surface area (Å²) < 4.78 is 4.67. The zero-order valence-electron chi connectivity index (χ0n) is 22.8. The summed E-state index contributed by atoms with van der Waals surface area (Å²) in [5, 5.41) is 4.62. The van der Waals surface area contributed by atoms with E-state index in [1.807, 2.05) is 0 Å². The molecule has 0 spiro atoms. The first-order valence-corrected chi connectivity index (χ1v) is 15.3. The Morgan fingerprint density at radius 1 is 0.697 bits per heavy atom. The summed E-state index contributed by atoms with van der Waals surface area (Å²) in [4.78, 5) is 7.51. The van der Waals surface area contributed by atoms with Gasteiger partial charge in [0.25, 0.3) is 0 Å². The van der Waals surface area contributed by atoms with E-state index in [-0.39, 0.29) is 0 Å². The second-order valence-corrected chi connectivity index (χ2v) is 10.8. The molecule has 0 fully saturated rings. The topological polar surface area (TPSA) is 41.1 Å². The fraction of sp³-hybridized carbons (Fsp3) is 0.929. The maximum absolute atomic E-state index is 4.94. The number of hydrogen-bond donors (Lipinski definition) is 1. The van der Waals surface area contributed by atoms with Gasteiger partial charge in [0.05, 0.1) is 0 Å². The molecule has 33 heavy (non-hydrogen) atoms. The van der Waals surface area contributed by atoms with Crippen LogP contribution in [0.25, 0.3) is 0 Å². The fourth-order valence-corrected chi connectivity index (χ4v) is 5.23. The summed E-state index contributed by atoms with van der Waals surface area (Å²) in [5.41, 5.74) is 0. The van der Waals surface area contributed by atoms with Crippen molar-refractivity contribution in [2.24, 2.45) is 11.8 Å². The van der Waals surface area contributed by atoms with E-state index in [9.17, 15) is 0 Å². The molecule has 0 saturated carbocycles. The first kappa shape index (κ1) is 30.2. The van der Waals surface area contributed by atoms with Crippen molar-refractivity contribution in [1.29, 1.82) is 0 Å². The average molecular weight is 481 g/mol. The molecule has 1 aromatic heterocycles. The highest BCUT2D eigenvalue weighted by molar-refractivity contribution is 7.09. The number of anilines is 2. The van der Waals surface area contributed by atoms with Crippen LogP contribution in [0.5, 0.6) is 0 Å². The molecule has 0 saturated heterocycles. The van der Waals surface area contributed by atoms with Gasteiger partial charge in [-0.05, 0) is 31.1 Å². The van der Waals surface area contributed by atoms with Crippen LogP contribution in [0.15, 0.2) is 0 Å². The molecule has 0 aliphatic carbocycles. The molecule has 0 amide bonds. The minimum Gasteiger partial charge on any atom is -0.353 e. The molecule has 2 atom stereocenters. The Balaban J connectivity index is 2.57. The molecule has 0 aromatic carbocycles. The van der Waals surface area contributed by atoms with Crippen LogP contribution in [0.3, 0.4) is 0 Å². The summed E-state index contributed by atoms with van der Waals surface area (Å²) >= 11 is 1.59. The van der Waals surface area contributed by atoms with Crippen LogP contribution in [0.2, 0.25) is 0 Å². The zero-order valence-corrected chi connectivity index (χ0v) is 23.7. The first-order valence-electron chi connectivity index (χ1n) is 14.5. The summed E-state index contributed by atoms with van der Waals surface area (Å²) in [6.07, 6.45) is 21.2. The Morgan fingerprint density at radius 3 is 1.73 bits per heavy atom. The lowest BCUT2D eigenvalue weighted by atomic mass is 9.96. The minimum absolute atomic E-state index is 0.756. The maximum Gasteiger partial charge on any atom is 0.236 e. The third-order valence-electron chi connectivity index (χ3n) is 7.04. The molecule has 1 heterocycles. The standard InChI is InChI=1S/C28H56N4S/c1-6-11-14-15-16-17-18-19-22-29-27-30-28(33-31-27)32(23-25(9-4)20-12-7-2)24-26(10-5)21-13-8-3/h25-26H,6-24H2,1-5H3,(H,29,31). The van der Waals surface area contributed by atoms with E-state index >= 15 is 0 Å². The maximum atomic E-state index is 4.94. The Kier molecular flexibility index (Phi) is 18.8. The van der Waals surface area contributed by atoms with E-state index in [0.717, 1.165) is 42.5 Å². The molecule has 1 rings (SSSR count). The zero-order chi connectivity index (χ0) is 24.2. The van der Waals surface area contributed by atoms with Crippen LogP contribution in [-0.2, 0) is 0 Å². The lowest BCUT2D eigenvalue weighted by Gasteiger charge is -2.30. The normalized spacial score (nSPS) is 13.2. The van der Waals surface area contributed by atoms with Gasteiger partial charge >= 0.3 is 0 Å². The highest BCUT2D eigenvalue weighted by atomic mass is 32.1. The largest absolute Gasteiger partial charge is 0.353 e. The van der Waals surface area contributed by atoms with Crippen LogP contribution < -0.4 is 10.2 Å². The molecule has 0 bridgehead atoms. The van der Waals surface area contributed by atoms with Gasteiger partial charge in [0, 0.05) is 31.2 Å². The van der Waals surface area contributed by atoms with Gasteiger partial charge in [0.15, 0.2) is 0 Å². The molecule has 5 heteroatoms. The van der Waals surface area contributed by atoms with Crippen molar-refractivity contribution in [3.63, 3.8) is 0 Å². The predicted octanol–water partition coefficient (Wildman–Crippen LogP) is 9.33. The smallest absolute Gasteiger partial charge is 0.236 e. The molecule has 0 aliphatic heterocycles. The summed E-state index contributed by atoms with van der Waals surface area (Å²) in [6.45, 7) is 14.8. The third kappa shape index (κ3) is 14.2. The molecule has 194 valence electrons. The minimum atomic E-state index is 0.756. The molecular weight excluding hydrogens is 424 g/mol. The van der Waals surface area contributed by atoms with Gasteiger partial charge < -0.3 is 10.2 Å². The Labute approximate surface area is 210 Å². The SMILES string of the molecule is CCCCCCCCCCNc1nsc(N(CC(CC)CCCC)CC(CC)CCCC)n1. The molecule has 1 N–H and O–H groups in total. The van der Waals surface area contributed by atoms with Gasteiger partial charge in [0.1, 0.15) is 0 Å². The van der Waals surface area contributed by atoms with Gasteiger partial charge in [0.2, 0.25) is 11.1 Å². The Morgan fingerprint density at radius 2 is 1.21 bits per heavy atom. The molecular formula is C28H56N4S. The molecule has 4 nitrogen and oxygen atoms in total. The number of nitrogens with zero attached hydrogens (tertiary/aromatic N) is 3. The van der Waals surface area contributed by atoms with Crippen LogP contribution in [0, 0.1) is 11.8 Å². The van der Waals surface area contributed by atoms with Crippen LogP contribution in [-0.4, -0.2) is 29.0 Å². The van der Waals surface area contributed by atoms with Crippen molar-refractivity contribution in [3.8, 4) is 0 Å². The fourth-order valence-electron chi connectivity index (χ4n) is 4.56. The van der Waals surface area contributed by atoms with Gasteiger partial charge in [-0.2, -0.15) is 9.36 Å². The quantitative estimate of drug-likeness (QED) is 0.158. The van der Waals surface area contributed by atoms with E-state index < -0.39 is 0 Å². The van der Waals surface area contributed by atoms with Crippen molar-refractivity contribution in [3.05, 3.63) is 0 Å². The second-order valence-electron chi connectivity index (χ2n) is 10.0. The van der Waals surface area contributed by atoms with Crippen LogP contribution in [0.4, 0.5) is 11.1 Å². The van der Waals surface area contributed by atoms with E-state index in [2.05, 4.69) is 49.2 Å². The van der Waals surface area contributed by atoms with Crippen molar-refractivity contribution in [2.45, 2.75) is 137 Å². The highest BCUT2D eigenvalue weighted by Gasteiger charge is 2.20. The number of nitrogens with one attached hydrogen (secondary N) is 1. The van der Waals surface area contributed by atoms with Crippen molar-refractivity contribution in [2.75, 3.05) is 29.9 Å². The molecule has 0 radical (unpaired) electrons. The van der Waals surface area contributed by atoms with Gasteiger partial charge in [-0.25, -0.2) is 0 Å². The van der Waals surface area contributed by atoms with E-state index in [0.29, 0.717) is 0 Å². The lowest BCUT2D eigenvalue weighted by molar-refractivity contribution is 0.403. The van der Waals surface area contributed by atoms with Crippen molar-refractivity contribution in [1.82, 2.24) is 9.36 Å². The number of rotatable bonds is 23. The van der Waals surface area contributed by atoms with Crippen LogP contribution >= 0.6 is 11.5 Å². The van der Waals surface area contributed by atoms with Gasteiger partial charge in [-0.1, -0.05) is 118 Å². The number of unbranched alkanes of at least 4 members (excludes halogenated alkanes) is 9. The monoisotopic (exact) mass is 480 g/mol. The summed E-state index contributed by atoms with van der Waals surface area (Å²) in [7, 11) is 0. The van der Waals surface area contributed by atoms with E-state index in [1.54, 1.807) is 11.5 Å².